The minimum absolute atomic E-state index is 0.202. The van der Waals surface area contributed by atoms with Crippen molar-refractivity contribution in [3.8, 4) is 0 Å². The first kappa shape index (κ1) is 22.9. The van der Waals surface area contributed by atoms with Gasteiger partial charge in [0.05, 0.1) is 36.1 Å². The molecule has 1 atom stereocenters. The number of aryl methyl sites for hydroxylation is 1. The number of amides is 2. The second-order valence-corrected chi connectivity index (χ2v) is 9.49. The molecule has 2 aromatic rings. The Morgan fingerprint density at radius 3 is 2.48 bits per heavy atom. The number of hydrogen-bond donors (Lipinski definition) is 1. The lowest BCUT2D eigenvalue weighted by Gasteiger charge is -2.30. The molecule has 1 aromatic carbocycles. The summed E-state index contributed by atoms with van der Waals surface area (Å²) in [4.78, 5) is 27.2. The maximum atomic E-state index is 13.2. The Morgan fingerprint density at radius 1 is 1.13 bits per heavy atom. The summed E-state index contributed by atoms with van der Waals surface area (Å²) >= 11 is 0. The summed E-state index contributed by atoms with van der Waals surface area (Å²) < 4.78 is 11.1. The first-order valence-corrected chi connectivity index (χ1v) is 10.6. The van der Waals surface area contributed by atoms with E-state index in [2.05, 4.69) is 15.5 Å². The van der Waals surface area contributed by atoms with Gasteiger partial charge in [-0.1, -0.05) is 24.3 Å². The molecule has 0 spiro atoms. The van der Waals surface area contributed by atoms with E-state index in [1.807, 2.05) is 65.8 Å². The number of carbonyl (C=O) groups is 2. The van der Waals surface area contributed by atoms with Crippen LogP contribution in [0.2, 0.25) is 0 Å². The van der Waals surface area contributed by atoms with Crippen LogP contribution in [0.3, 0.4) is 0 Å². The van der Waals surface area contributed by atoms with Crippen molar-refractivity contribution in [1.29, 1.82) is 0 Å². The summed E-state index contributed by atoms with van der Waals surface area (Å²) in [5, 5.41) is 13.7. The van der Waals surface area contributed by atoms with E-state index in [4.69, 9.17) is 9.47 Å². The number of hydrogen-bond acceptors (Lipinski definition) is 6. The summed E-state index contributed by atoms with van der Waals surface area (Å²) in [7, 11) is 0. The fraction of sp³-hybridized carbons (Fsp3) is 0.565. The van der Waals surface area contributed by atoms with Crippen LogP contribution in [-0.2, 0) is 19.8 Å². The monoisotopic (exact) mass is 428 g/mol. The van der Waals surface area contributed by atoms with Crippen molar-refractivity contribution in [2.24, 2.45) is 5.92 Å². The number of carbonyl (C=O) groups excluding carboxylic acids is 2. The van der Waals surface area contributed by atoms with Crippen molar-refractivity contribution in [2.75, 3.05) is 26.3 Å². The van der Waals surface area contributed by atoms with Crippen molar-refractivity contribution >= 4 is 22.8 Å². The van der Waals surface area contributed by atoms with Crippen molar-refractivity contribution in [1.82, 2.24) is 20.4 Å². The molecule has 3 rings (SSSR count). The Labute approximate surface area is 183 Å². The van der Waals surface area contributed by atoms with Crippen LogP contribution in [0.5, 0.6) is 0 Å². The number of nitrogens with zero attached hydrogens (tertiary/aromatic N) is 3. The minimum atomic E-state index is -0.763. The number of ether oxygens (including phenoxy) is 2. The molecule has 8 heteroatoms. The quantitative estimate of drug-likeness (QED) is 0.807. The Bertz CT molecular complexity index is 968. The third-order valence-corrected chi connectivity index (χ3v) is 5.19. The second kappa shape index (κ2) is 8.78. The molecule has 1 aliphatic heterocycles. The Morgan fingerprint density at radius 2 is 1.81 bits per heavy atom. The maximum Gasteiger partial charge on any atom is 0.410 e. The third kappa shape index (κ3) is 5.50. The molecule has 1 unspecified atom stereocenters. The molecule has 1 aromatic heterocycles. The molecule has 8 nitrogen and oxygen atoms in total. The minimum Gasteiger partial charge on any atom is -0.444 e. The molecule has 2 amide bonds. The highest BCUT2D eigenvalue weighted by molar-refractivity contribution is 5.88. The number of nitrogens with one attached hydrogen (secondary N) is 1. The van der Waals surface area contributed by atoms with Gasteiger partial charge < -0.3 is 19.7 Å². The van der Waals surface area contributed by atoms with Gasteiger partial charge in [0.25, 0.3) is 0 Å². The van der Waals surface area contributed by atoms with Crippen LogP contribution in [-0.4, -0.2) is 59.0 Å². The van der Waals surface area contributed by atoms with Gasteiger partial charge in [-0.3, -0.25) is 4.79 Å². The largest absolute Gasteiger partial charge is 0.444 e. The summed E-state index contributed by atoms with van der Waals surface area (Å²) in [6, 6.07) is 7.89. The van der Waals surface area contributed by atoms with Crippen LogP contribution in [0.4, 0.5) is 4.79 Å². The number of rotatable bonds is 3. The molecule has 0 saturated carbocycles. The summed E-state index contributed by atoms with van der Waals surface area (Å²) in [5.74, 6) is -0.717. The van der Waals surface area contributed by atoms with Crippen LogP contribution in [0, 0.1) is 12.8 Å². The van der Waals surface area contributed by atoms with E-state index in [0.717, 1.165) is 16.5 Å². The van der Waals surface area contributed by atoms with E-state index >= 15 is 0 Å². The van der Waals surface area contributed by atoms with Crippen LogP contribution in [0.25, 0.3) is 10.8 Å². The molecule has 0 aliphatic carbocycles. The Kier molecular flexibility index (Phi) is 6.50. The van der Waals surface area contributed by atoms with E-state index in [1.165, 1.54) is 4.90 Å². The first-order chi connectivity index (χ1) is 14.5. The molecule has 0 bridgehead atoms. The SMILES string of the molecule is Cc1nnc(C(C)(C)NC(=O)C2COCCN(C(=O)OC(C)(C)C)C2)c2ccccc12. The van der Waals surface area contributed by atoms with E-state index in [0.29, 0.717) is 18.8 Å². The second-order valence-electron chi connectivity index (χ2n) is 9.49. The number of fused-ring (bicyclic) bond motifs is 1. The summed E-state index contributed by atoms with van der Waals surface area (Å²) in [5.41, 5.74) is 0.169. The number of aromatic nitrogens is 2. The van der Waals surface area contributed by atoms with Crippen molar-refractivity contribution in [3.63, 3.8) is 0 Å². The number of benzene rings is 1. The fourth-order valence-corrected chi connectivity index (χ4v) is 3.63. The van der Waals surface area contributed by atoms with E-state index < -0.39 is 23.2 Å². The van der Waals surface area contributed by atoms with Crippen LogP contribution >= 0.6 is 0 Å². The zero-order valence-corrected chi connectivity index (χ0v) is 19.2. The lowest BCUT2D eigenvalue weighted by Crippen LogP contribution is -2.49. The standard InChI is InChI=1S/C23H32N4O4/c1-15-17-9-7-8-10-18(17)19(26-25-15)23(5,6)24-20(28)16-13-27(11-12-30-14-16)21(29)31-22(2,3)4/h7-10,16H,11-14H2,1-6H3,(H,24,28). The predicted octanol–water partition coefficient (Wildman–Crippen LogP) is 3.17. The smallest absolute Gasteiger partial charge is 0.410 e. The van der Waals surface area contributed by atoms with Gasteiger partial charge >= 0.3 is 6.09 Å². The Hall–Kier alpha value is -2.74. The molecule has 0 radical (unpaired) electrons. The average Bonchev–Trinajstić information content (AvgIpc) is 2.93. The zero-order valence-electron chi connectivity index (χ0n) is 19.2. The molecule has 1 aliphatic rings. The molecule has 2 heterocycles. The molecule has 168 valence electrons. The van der Waals surface area contributed by atoms with Crippen molar-refractivity contribution in [2.45, 2.75) is 52.7 Å². The van der Waals surface area contributed by atoms with Gasteiger partial charge in [-0.15, -0.1) is 0 Å². The molecular formula is C23H32N4O4. The lowest BCUT2D eigenvalue weighted by atomic mass is 9.93. The first-order valence-electron chi connectivity index (χ1n) is 10.6. The van der Waals surface area contributed by atoms with E-state index in [9.17, 15) is 9.59 Å². The summed E-state index contributed by atoms with van der Waals surface area (Å²) in [6.45, 7) is 12.4. The molecule has 1 saturated heterocycles. The van der Waals surface area contributed by atoms with Gasteiger partial charge in [0.2, 0.25) is 5.91 Å². The van der Waals surface area contributed by atoms with Gasteiger partial charge in [0, 0.05) is 23.9 Å². The van der Waals surface area contributed by atoms with E-state index in [-0.39, 0.29) is 19.1 Å². The highest BCUT2D eigenvalue weighted by Gasteiger charge is 2.34. The summed E-state index contributed by atoms with van der Waals surface area (Å²) in [6.07, 6.45) is -0.439. The molecule has 1 fully saturated rings. The average molecular weight is 429 g/mol. The highest BCUT2D eigenvalue weighted by atomic mass is 16.6. The van der Waals surface area contributed by atoms with E-state index in [1.54, 1.807) is 0 Å². The lowest BCUT2D eigenvalue weighted by molar-refractivity contribution is -0.128. The topological polar surface area (TPSA) is 93.6 Å². The zero-order chi connectivity index (χ0) is 22.8. The molecule has 1 N–H and O–H groups in total. The van der Waals surface area contributed by atoms with Crippen molar-refractivity contribution < 1.29 is 19.1 Å². The van der Waals surface area contributed by atoms with Crippen LogP contribution in [0.15, 0.2) is 24.3 Å². The van der Waals surface area contributed by atoms with Gasteiger partial charge in [-0.05, 0) is 41.5 Å². The predicted molar refractivity (Wildman–Crippen MR) is 118 cm³/mol. The van der Waals surface area contributed by atoms with Gasteiger partial charge in [0.15, 0.2) is 0 Å². The van der Waals surface area contributed by atoms with Gasteiger partial charge in [0.1, 0.15) is 5.60 Å². The maximum absolute atomic E-state index is 13.2. The third-order valence-electron chi connectivity index (χ3n) is 5.19. The Balaban J connectivity index is 1.78. The van der Waals surface area contributed by atoms with Gasteiger partial charge in [-0.25, -0.2) is 4.79 Å². The highest BCUT2D eigenvalue weighted by Crippen LogP contribution is 2.28. The van der Waals surface area contributed by atoms with Crippen LogP contribution in [0.1, 0.15) is 46.0 Å². The normalized spacial score (nSPS) is 17.9. The molecular weight excluding hydrogens is 396 g/mol. The fourth-order valence-electron chi connectivity index (χ4n) is 3.63. The van der Waals surface area contributed by atoms with Crippen LogP contribution < -0.4 is 5.32 Å². The van der Waals surface area contributed by atoms with Crippen molar-refractivity contribution in [3.05, 3.63) is 35.7 Å². The van der Waals surface area contributed by atoms with Gasteiger partial charge in [-0.2, -0.15) is 10.2 Å². The molecule has 31 heavy (non-hydrogen) atoms.